The molecule has 92 valence electrons. The van der Waals surface area contributed by atoms with Gasteiger partial charge in [0, 0.05) is 23.3 Å². The van der Waals surface area contributed by atoms with E-state index in [-0.39, 0.29) is 17.1 Å². The number of nitro groups is 1. The third kappa shape index (κ3) is 2.05. The highest BCUT2D eigenvalue weighted by Crippen LogP contribution is 2.26. The van der Waals surface area contributed by atoms with Crippen LogP contribution in [0.4, 0.5) is 5.69 Å². The average molecular weight is 248 g/mol. The van der Waals surface area contributed by atoms with Crippen LogP contribution in [0.1, 0.15) is 16.1 Å². The van der Waals surface area contributed by atoms with Crippen molar-refractivity contribution in [2.24, 2.45) is 0 Å². The van der Waals surface area contributed by atoms with Gasteiger partial charge in [0.05, 0.1) is 4.92 Å². The Hall–Kier alpha value is -2.70. The first-order valence-corrected chi connectivity index (χ1v) is 4.94. The maximum absolute atomic E-state index is 10.8. The average Bonchev–Trinajstić information content (AvgIpc) is 2.78. The summed E-state index contributed by atoms with van der Waals surface area (Å²) in [6.07, 6.45) is 0. The second-order valence-corrected chi connectivity index (χ2v) is 3.64. The quantitative estimate of drug-likeness (QED) is 0.659. The van der Waals surface area contributed by atoms with Gasteiger partial charge in [0.1, 0.15) is 5.69 Å². The van der Waals surface area contributed by atoms with Crippen molar-refractivity contribution in [2.75, 3.05) is 0 Å². The number of hydrogen-bond donors (Lipinski definition) is 1. The van der Waals surface area contributed by atoms with Crippen LogP contribution >= 0.6 is 0 Å². The van der Waals surface area contributed by atoms with Gasteiger partial charge < -0.3 is 9.63 Å². The fourth-order valence-corrected chi connectivity index (χ4v) is 1.48. The summed E-state index contributed by atoms with van der Waals surface area (Å²) in [4.78, 5) is 20.9. The Bertz CT molecular complexity index is 632. The summed E-state index contributed by atoms with van der Waals surface area (Å²) in [5.74, 6) is -1.55. The third-order valence-electron chi connectivity index (χ3n) is 2.42. The number of carbonyl (C=O) groups is 1. The van der Waals surface area contributed by atoms with E-state index >= 15 is 0 Å². The van der Waals surface area contributed by atoms with Gasteiger partial charge in [0.15, 0.2) is 0 Å². The molecule has 0 radical (unpaired) electrons. The van der Waals surface area contributed by atoms with Crippen molar-refractivity contribution in [3.63, 3.8) is 0 Å². The molecule has 0 spiro atoms. The number of aryl methyl sites for hydroxylation is 1. The molecule has 2 rings (SSSR count). The van der Waals surface area contributed by atoms with Gasteiger partial charge in [0.25, 0.3) is 5.69 Å². The van der Waals surface area contributed by atoms with E-state index in [2.05, 4.69) is 9.68 Å². The van der Waals surface area contributed by atoms with Gasteiger partial charge in [-0.25, -0.2) is 4.79 Å². The van der Waals surface area contributed by atoms with Crippen LogP contribution < -0.4 is 0 Å². The Kier molecular flexibility index (Phi) is 2.80. The van der Waals surface area contributed by atoms with Crippen molar-refractivity contribution < 1.29 is 19.3 Å². The predicted octanol–water partition coefficient (Wildman–Crippen LogP) is 2.26. The molecule has 0 aliphatic heterocycles. The van der Waals surface area contributed by atoms with Gasteiger partial charge in [-0.2, -0.15) is 0 Å². The molecule has 0 aliphatic rings. The molecule has 0 unspecified atom stereocenters. The van der Waals surface area contributed by atoms with Crippen LogP contribution in [-0.4, -0.2) is 21.2 Å². The van der Waals surface area contributed by atoms with Crippen LogP contribution in [-0.2, 0) is 0 Å². The van der Waals surface area contributed by atoms with Crippen molar-refractivity contribution in [1.29, 1.82) is 0 Å². The number of nitro benzene ring substituents is 1. The number of carboxylic acid groups (broad SMARTS) is 1. The standard InChI is InChI=1S/C11H8N2O5/c1-6-2-3-7(4-9(6)13(16)17)8-5-10(11(14)15)18-12-8/h2-5H,1H3,(H,14,15). The first-order valence-electron chi connectivity index (χ1n) is 4.94. The van der Waals surface area contributed by atoms with Gasteiger partial charge in [-0.15, -0.1) is 0 Å². The van der Waals surface area contributed by atoms with Gasteiger partial charge >= 0.3 is 5.97 Å². The summed E-state index contributed by atoms with van der Waals surface area (Å²) in [7, 11) is 0. The smallest absolute Gasteiger partial charge is 0.374 e. The van der Waals surface area contributed by atoms with Crippen LogP contribution in [0, 0.1) is 17.0 Å². The van der Waals surface area contributed by atoms with E-state index in [1.165, 1.54) is 12.1 Å². The molecule has 1 aromatic carbocycles. The monoisotopic (exact) mass is 248 g/mol. The Balaban J connectivity index is 2.47. The molecule has 2 aromatic rings. The number of rotatable bonds is 3. The van der Waals surface area contributed by atoms with Gasteiger partial charge in [-0.1, -0.05) is 17.3 Å². The fraction of sp³-hybridized carbons (Fsp3) is 0.0909. The molecule has 0 atom stereocenters. The van der Waals surface area contributed by atoms with Gasteiger partial charge in [-0.3, -0.25) is 10.1 Å². The lowest BCUT2D eigenvalue weighted by Crippen LogP contribution is -1.92. The number of aromatic carboxylic acids is 1. The summed E-state index contributed by atoms with van der Waals surface area (Å²) in [6.45, 7) is 1.62. The Morgan fingerprint density at radius 1 is 1.44 bits per heavy atom. The maximum atomic E-state index is 10.8. The van der Waals surface area contributed by atoms with E-state index in [9.17, 15) is 14.9 Å². The summed E-state index contributed by atoms with van der Waals surface area (Å²) in [5, 5.41) is 23.0. The highest BCUT2D eigenvalue weighted by atomic mass is 16.6. The van der Waals surface area contributed by atoms with Crippen LogP contribution in [0.25, 0.3) is 11.3 Å². The second-order valence-electron chi connectivity index (χ2n) is 3.64. The summed E-state index contributed by atoms with van der Waals surface area (Å²) in [6, 6.07) is 5.74. The molecule has 0 aliphatic carbocycles. The van der Waals surface area contributed by atoms with Crippen molar-refractivity contribution in [3.8, 4) is 11.3 Å². The molecule has 7 heteroatoms. The number of hydrogen-bond acceptors (Lipinski definition) is 5. The zero-order chi connectivity index (χ0) is 13.3. The number of aromatic nitrogens is 1. The molecule has 18 heavy (non-hydrogen) atoms. The molecule has 1 heterocycles. The SMILES string of the molecule is Cc1ccc(-c2cc(C(=O)O)on2)cc1[N+](=O)[O-]. The van der Waals surface area contributed by atoms with Gasteiger partial charge in [0.2, 0.25) is 5.76 Å². The van der Waals surface area contributed by atoms with Crippen molar-refractivity contribution >= 4 is 11.7 Å². The number of carboxylic acids is 1. The Labute approximate surface area is 101 Å². The van der Waals surface area contributed by atoms with E-state index in [1.807, 2.05) is 0 Å². The minimum Gasteiger partial charge on any atom is -0.475 e. The van der Waals surface area contributed by atoms with Crippen molar-refractivity contribution in [2.45, 2.75) is 6.92 Å². The lowest BCUT2D eigenvalue weighted by Gasteiger charge is -1.99. The zero-order valence-corrected chi connectivity index (χ0v) is 9.28. The molecule has 0 saturated heterocycles. The Morgan fingerprint density at radius 3 is 2.72 bits per heavy atom. The van der Waals surface area contributed by atoms with E-state index in [0.29, 0.717) is 11.1 Å². The molecule has 0 fully saturated rings. The lowest BCUT2D eigenvalue weighted by molar-refractivity contribution is -0.385. The number of benzene rings is 1. The molecule has 1 aromatic heterocycles. The second kappa shape index (κ2) is 4.28. The summed E-state index contributed by atoms with van der Waals surface area (Å²) < 4.78 is 4.59. The minimum absolute atomic E-state index is 0.0487. The van der Waals surface area contributed by atoms with Crippen LogP contribution in [0.3, 0.4) is 0 Å². The van der Waals surface area contributed by atoms with Crippen molar-refractivity contribution in [1.82, 2.24) is 5.16 Å². The molecule has 0 amide bonds. The zero-order valence-electron chi connectivity index (χ0n) is 9.28. The maximum Gasteiger partial charge on any atom is 0.374 e. The first kappa shape index (κ1) is 11.8. The molecule has 0 bridgehead atoms. The predicted molar refractivity (Wildman–Crippen MR) is 60.3 cm³/mol. The molecule has 0 saturated carbocycles. The largest absolute Gasteiger partial charge is 0.475 e. The minimum atomic E-state index is -1.24. The fourth-order valence-electron chi connectivity index (χ4n) is 1.48. The molecular weight excluding hydrogens is 240 g/mol. The summed E-state index contributed by atoms with van der Waals surface area (Å²) >= 11 is 0. The van der Waals surface area contributed by atoms with Crippen LogP contribution in [0.15, 0.2) is 28.8 Å². The third-order valence-corrected chi connectivity index (χ3v) is 2.42. The van der Waals surface area contributed by atoms with Gasteiger partial charge in [-0.05, 0) is 6.92 Å². The van der Waals surface area contributed by atoms with E-state index < -0.39 is 10.9 Å². The topological polar surface area (TPSA) is 106 Å². The summed E-state index contributed by atoms with van der Waals surface area (Å²) in [5.41, 5.74) is 1.15. The molecular formula is C11H8N2O5. The van der Waals surface area contributed by atoms with Crippen LogP contribution in [0.2, 0.25) is 0 Å². The normalized spacial score (nSPS) is 10.3. The highest BCUT2D eigenvalue weighted by molar-refractivity contribution is 5.85. The van der Waals surface area contributed by atoms with Crippen LogP contribution in [0.5, 0.6) is 0 Å². The van der Waals surface area contributed by atoms with E-state index in [4.69, 9.17) is 5.11 Å². The highest BCUT2D eigenvalue weighted by Gasteiger charge is 2.16. The van der Waals surface area contributed by atoms with E-state index in [1.54, 1.807) is 19.1 Å². The Morgan fingerprint density at radius 2 is 2.17 bits per heavy atom. The first-order chi connectivity index (χ1) is 8.49. The molecule has 1 N–H and O–H groups in total. The lowest BCUT2D eigenvalue weighted by atomic mass is 10.1. The number of nitrogens with zero attached hydrogens (tertiary/aromatic N) is 2. The van der Waals surface area contributed by atoms with Crippen molar-refractivity contribution in [3.05, 3.63) is 45.7 Å². The molecule has 7 nitrogen and oxygen atoms in total. The van der Waals surface area contributed by atoms with E-state index in [0.717, 1.165) is 0 Å².